The molecule has 270 valence electrons. The number of fused-ring (bicyclic) bond motifs is 6. The zero-order valence-electron chi connectivity index (χ0n) is 32.3. The van der Waals surface area contributed by atoms with Crippen molar-refractivity contribution in [3.63, 3.8) is 0 Å². The summed E-state index contributed by atoms with van der Waals surface area (Å²) >= 11 is 0. The first-order valence-electron chi connectivity index (χ1n) is 21.2. The van der Waals surface area contributed by atoms with Crippen LogP contribution >= 0.6 is 0 Å². The highest BCUT2D eigenvalue weighted by atomic mass is 14.3. The van der Waals surface area contributed by atoms with Crippen molar-refractivity contribution in [2.75, 3.05) is 0 Å². The van der Waals surface area contributed by atoms with Crippen molar-refractivity contribution in [2.45, 2.75) is 0 Å². The molecule has 0 nitrogen and oxygen atoms in total. The lowest BCUT2D eigenvalue weighted by molar-refractivity contribution is 1.66. The predicted molar refractivity (Wildman–Crippen MR) is 260 cm³/mol. The third-order valence-electron chi connectivity index (χ3n) is 14.7. The fourth-order valence-electron chi connectivity index (χ4n) is 12.5. The lowest BCUT2D eigenvalue weighted by atomic mass is 9.73. The molecule has 16 aromatic carbocycles. The van der Waals surface area contributed by atoms with E-state index in [0.29, 0.717) is 0 Å². The SMILES string of the molecule is c1ccc(-c2cc3c4cccc5c6cc(-c7ccccc7)cc7c8cccc9c%10cc(-c%11ccccc%11)cc%11c%12cccc%13c(c2)c3c2c(c45)c(c67)c(c89)c(c%11%10)c2c%13%12)cc1. The number of hydrogen-bond donors (Lipinski definition) is 0. The lowest BCUT2D eigenvalue weighted by Gasteiger charge is -2.29. The molecule has 0 amide bonds. The van der Waals surface area contributed by atoms with E-state index in [9.17, 15) is 0 Å². The van der Waals surface area contributed by atoms with Gasteiger partial charge in [0.25, 0.3) is 0 Å². The van der Waals surface area contributed by atoms with Gasteiger partial charge in [-0.15, -0.1) is 0 Å². The fraction of sp³-hybridized carbons (Fsp3) is 0. The van der Waals surface area contributed by atoms with E-state index in [0.717, 1.165) is 0 Å². The van der Waals surface area contributed by atoms with E-state index in [4.69, 9.17) is 0 Å². The van der Waals surface area contributed by atoms with Gasteiger partial charge in [0, 0.05) is 0 Å². The second-order valence-electron chi connectivity index (χ2n) is 17.4. The topological polar surface area (TPSA) is 0 Å². The van der Waals surface area contributed by atoms with E-state index < -0.39 is 0 Å². The molecule has 0 saturated heterocycles. The summed E-state index contributed by atoms with van der Waals surface area (Å²) in [5, 5.41) is 33.1. The third kappa shape index (κ3) is 3.36. The summed E-state index contributed by atoms with van der Waals surface area (Å²) in [6.45, 7) is 0. The van der Waals surface area contributed by atoms with Crippen LogP contribution in [0.3, 0.4) is 0 Å². The Morgan fingerprint density at radius 1 is 0.133 bits per heavy atom. The van der Waals surface area contributed by atoms with Gasteiger partial charge in [-0.25, -0.2) is 0 Å². The quantitative estimate of drug-likeness (QED) is 0.125. The third-order valence-corrected chi connectivity index (χ3v) is 14.7. The van der Waals surface area contributed by atoms with E-state index in [1.807, 2.05) is 0 Å². The summed E-state index contributed by atoms with van der Waals surface area (Å²) in [4.78, 5) is 0. The molecule has 60 heavy (non-hydrogen) atoms. The molecule has 0 N–H and O–H groups in total. The van der Waals surface area contributed by atoms with E-state index in [-0.39, 0.29) is 0 Å². The Morgan fingerprint density at radius 3 is 0.550 bits per heavy atom. The molecule has 16 rings (SSSR count). The van der Waals surface area contributed by atoms with Crippen molar-refractivity contribution in [1.82, 2.24) is 0 Å². The van der Waals surface area contributed by atoms with Crippen molar-refractivity contribution >= 4 is 129 Å². The maximum absolute atomic E-state index is 2.50. The molecular formula is C60H30. The normalized spacial score (nSPS) is 13.0. The Kier molecular flexibility index (Phi) is 5.18. The molecule has 0 fully saturated rings. The molecule has 0 unspecified atom stereocenters. The van der Waals surface area contributed by atoms with Gasteiger partial charge < -0.3 is 0 Å². The van der Waals surface area contributed by atoms with E-state index in [2.05, 4.69) is 182 Å². The van der Waals surface area contributed by atoms with Crippen LogP contribution in [-0.4, -0.2) is 0 Å². The number of benzene rings is 16. The van der Waals surface area contributed by atoms with Crippen LogP contribution in [0, 0.1) is 0 Å². The zero-order valence-corrected chi connectivity index (χ0v) is 32.3. The van der Waals surface area contributed by atoms with Crippen LogP contribution in [0.4, 0.5) is 0 Å². The summed E-state index contributed by atoms with van der Waals surface area (Å²) in [5.74, 6) is 0. The van der Waals surface area contributed by atoms with Crippen LogP contribution in [0.25, 0.3) is 163 Å². The van der Waals surface area contributed by atoms with Gasteiger partial charge in [-0.3, -0.25) is 0 Å². The minimum atomic E-state index is 1.25. The molecule has 0 aliphatic carbocycles. The van der Waals surface area contributed by atoms with E-state index >= 15 is 0 Å². The summed E-state index contributed by atoms with van der Waals surface area (Å²) in [6.07, 6.45) is 0. The summed E-state index contributed by atoms with van der Waals surface area (Å²) in [6, 6.07) is 69.4. The molecule has 0 atom stereocenters. The Bertz CT molecular complexity index is 3760. The monoisotopic (exact) mass is 750 g/mol. The number of rotatable bonds is 3. The lowest BCUT2D eigenvalue weighted by Crippen LogP contribution is -2.00. The average molecular weight is 751 g/mol. The van der Waals surface area contributed by atoms with Crippen molar-refractivity contribution in [3.05, 3.63) is 182 Å². The minimum absolute atomic E-state index is 1.25. The predicted octanol–water partition coefficient (Wildman–Crippen LogP) is 17.2. The molecule has 16 aromatic rings. The van der Waals surface area contributed by atoms with E-state index in [1.165, 1.54) is 163 Å². The standard InChI is InChI=1S/C60H30/c1-4-13-31(14-5-1)34-25-43-37-19-10-21-39-45-27-35(32-15-6-2-7-16-32)29-47-41-23-12-24-42-48-30-36(33-17-8-3-9-18-33)28-46-40-22-11-20-38-44(26-34)52(43)58-55(49(37)39)59(53(45)47)57(51(41)42)60(54(46)48)56(58)50(38)40/h1-30H. The van der Waals surface area contributed by atoms with Gasteiger partial charge in [-0.1, -0.05) is 146 Å². The van der Waals surface area contributed by atoms with Crippen molar-refractivity contribution in [1.29, 1.82) is 0 Å². The molecule has 0 bridgehead atoms. The average Bonchev–Trinajstić information content (AvgIpc) is 3.32. The van der Waals surface area contributed by atoms with Crippen molar-refractivity contribution < 1.29 is 0 Å². The first-order chi connectivity index (χ1) is 29.8. The van der Waals surface area contributed by atoms with Crippen LogP contribution in [0.1, 0.15) is 0 Å². The summed E-state index contributed by atoms with van der Waals surface area (Å²) in [7, 11) is 0. The van der Waals surface area contributed by atoms with E-state index in [1.54, 1.807) is 0 Å². The van der Waals surface area contributed by atoms with Gasteiger partial charge in [-0.2, -0.15) is 0 Å². The molecule has 0 aromatic heterocycles. The molecule has 0 heterocycles. The Labute approximate surface area is 343 Å². The van der Waals surface area contributed by atoms with Crippen LogP contribution in [0.2, 0.25) is 0 Å². The fourth-order valence-corrected chi connectivity index (χ4v) is 12.5. The Balaban J connectivity index is 1.29. The van der Waals surface area contributed by atoms with Crippen LogP contribution in [0.5, 0.6) is 0 Å². The van der Waals surface area contributed by atoms with Gasteiger partial charge in [0.05, 0.1) is 0 Å². The molecule has 0 aliphatic rings. The number of hydrogen-bond acceptors (Lipinski definition) is 0. The van der Waals surface area contributed by atoms with Crippen LogP contribution in [0.15, 0.2) is 182 Å². The molecule has 0 radical (unpaired) electrons. The molecular weight excluding hydrogens is 721 g/mol. The molecule has 0 saturated carbocycles. The second kappa shape index (κ2) is 10.2. The van der Waals surface area contributed by atoms with Crippen molar-refractivity contribution in [2.24, 2.45) is 0 Å². The van der Waals surface area contributed by atoms with Gasteiger partial charge in [0.15, 0.2) is 0 Å². The van der Waals surface area contributed by atoms with Gasteiger partial charge in [0.2, 0.25) is 0 Å². The first kappa shape index (κ1) is 30.3. The maximum atomic E-state index is 2.50. The van der Waals surface area contributed by atoms with Gasteiger partial charge in [-0.05, 0) is 199 Å². The highest BCUT2D eigenvalue weighted by Gasteiger charge is 2.32. The molecule has 0 spiro atoms. The maximum Gasteiger partial charge on any atom is -0.0000469 e. The second-order valence-corrected chi connectivity index (χ2v) is 17.4. The summed E-state index contributed by atoms with van der Waals surface area (Å²) < 4.78 is 0. The van der Waals surface area contributed by atoms with Crippen LogP contribution in [-0.2, 0) is 0 Å². The largest absolute Gasteiger partial charge is 0.0622 e. The highest BCUT2D eigenvalue weighted by molar-refractivity contribution is 6.61. The molecule has 0 heteroatoms. The van der Waals surface area contributed by atoms with Gasteiger partial charge >= 0.3 is 0 Å². The Morgan fingerprint density at radius 2 is 0.333 bits per heavy atom. The summed E-state index contributed by atoms with van der Waals surface area (Å²) in [5.41, 5.74) is 7.53. The zero-order chi connectivity index (χ0) is 38.5. The minimum Gasteiger partial charge on any atom is -0.0622 e. The first-order valence-corrected chi connectivity index (χ1v) is 21.2. The molecule has 0 aliphatic heterocycles. The van der Waals surface area contributed by atoms with Crippen molar-refractivity contribution in [3.8, 4) is 33.4 Å². The van der Waals surface area contributed by atoms with Gasteiger partial charge in [0.1, 0.15) is 0 Å². The van der Waals surface area contributed by atoms with Crippen LogP contribution < -0.4 is 0 Å². The highest BCUT2D eigenvalue weighted by Crippen LogP contribution is 2.61. The smallest absolute Gasteiger partial charge is 0.0000469 e. The Hall–Kier alpha value is -7.80.